The van der Waals surface area contributed by atoms with E-state index in [-0.39, 0.29) is 11.9 Å². The zero-order valence-corrected chi connectivity index (χ0v) is 12.0. The Balaban J connectivity index is 1.92. The molecule has 1 heterocycles. The Labute approximate surface area is 119 Å². The average Bonchev–Trinajstić information content (AvgIpc) is 2.93. The lowest BCUT2D eigenvalue weighted by atomic mass is 10.1. The number of carbonyl (C=O) groups excluding carboxylic acids is 1. The van der Waals surface area contributed by atoms with Gasteiger partial charge in [-0.2, -0.15) is 5.10 Å². The zero-order valence-electron chi connectivity index (χ0n) is 12.0. The molecule has 0 aliphatic rings. The molecule has 4 nitrogen and oxygen atoms in total. The predicted molar refractivity (Wildman–Crippen MR) is 79.8 cm³/mol. The van der Waals surface area contributed by atoms with Crippen molar-refractivity contribution in [2.24, 2.45) is 0 Å². The Morgan fingerprint density at radius 3 is 2.70 bits per heavy atom. The Morgan fingerprint density at radius 1 is 1.35 bits per heavy atom. The Morgan fingerprint density at radius 2 is 2.10 bits per heavy atom. The van der Waals surface area contributed by atoms with E-state index in [2.05, 4.69) is 17.3 Å². The van der Waals surface area contributed by atoms with Crippen molar-refractivity contribution in [1.82, 2.24) is 15.1 Å². The smallest absolute Gasteiger partial charge is 0.224 e. The number of nitrogens with one attached hydrogen (secondary N) is 1. The van der Waals surface area contributed by atoms with Gasteiger partial charge < -0.3 is 5.32 Å². The fraction of sp³-hybridized carbons (Fsp3) is 0.375. The summed E-state index contributed by atoms with van der Waals surface area (Å²) in [7, 11) is 0. The number of carbonyl (C=O) groups is 1. The van der Waals surface area contributed by atoms with Gasteiger partial charge in [-0.25, -0.2) is 4.68 Å². The number of amides is 1. The van der Waals surface area contributed by atoms with Crippen LogP contribution in [-0.4, -0.2) is 21.7 Å². The van der Waals surface area contributed by atoms with Crippen LogP contribution in [-0.2, 0) is 11.2 Å². The molecule has 1 atom stereocenters. The first-order valence-corrected chi connectivity index (χ1v) is 7.07. The van der Waals surface area contributed by atoms with Crippen LogP contribution >= 0.6 is 0 Å². The monoisotopic (exact) mass is 271 g/mol. The molecule has 0 bridgehead atoms. The molecule has 0 fully saturated rings. The Hall–Kier alpha value is -2.10. The van der Waals surface area contributed by atoms with E-state index in [4.69, 9.17) is 0 Å². The van der Waals surface area contributed by atoms with E-state index >= 15 is 0 Å². The van der Waals surface area contributed by atoms with Gasteiger partial charge in [-0.15, -0.1) is 0 Å². The molecule has 1 unspecified atom stereocenters. The highest BCUT2D eigenvalue weighted by Crippen LogP contribution is 2.09. The molecule has 4 heteroatoms. The van der Waals surface area contributed by atoms with Crippen LogP contribution < -0.4 is 5.32 Å². The van der Waals surface area contributed by atoms with Gasteiger partial charge in [0.05, 0.1) is 12.1 Å². The van der Waals surface area contributed by atoms with Crippen LogP contribution in [0.5, 0.6) is 0 Å². The van der Waals surface area contributed by atoms with E-state index < -0.39 is 0 Å². The van der Waals surface area contributed by atoms with Crippen molar-refractivity contribution in [2.75, 3.05) is 0 Å². The predicted octanol–water partition coefficient (Wildman–Crippen LogP) is 2.72. The van der Waals surface area contributed by atoms with E-state index in [9.17, 15) is 4.79 Å². The highest BCUT2D eigenvalue weighted by atomic mass is 16.1. The second-order valence-electron chi connectivity index (χ2n) is 5.05. The summed E-state index contributed by atoms with van der Waals surface area (Å²) in [6, 6.07) is 10.0. The van der Waals surface area contributed by atoms with E-state index in [0.717, 1.165) is 24.1 Å². The SMILES string of the molecule is CCCC(C)NC(=O)Cc1ccc(-n2cccn2)cc1. The molecule has 106 valence electrons. The largest absolute Gasteiger partial charge is 0.353 e. The third-order valence-corrected chi connectivity index (χ3v) is 3.20. The van der Waals surface area contributed by atoms with E-state index in [0.29, 0.717) is 6.42 Å². The number of hydrogen-bond donors (Lipinski definition) is 1. The molecule has 1 aromatic heterocycles. The lowest BCUT2D eigenvalue weighted by Gasteiger charge is -2.12. The summed E-state index contributed by atoms with van der Waals surface area (Å²) in [5.41, 5.74) is 2.01. The molecule has 0 saturated heterocycles. The van der Waals surface area contributed by atoms with Gasteiger partial charge >= 0.3 is 0 Å². The van der Waals surface area contributed by atoms with Gasteiger partial charge in [0.1, 0.15) is 0 Å². The Kier molecular flexibility index (Phi) is 4.93. The standard InChI is InChI=1S/C16H21N3O/c1-3-5-13(2)18-16(20)12-14-6-8-15(9-7-14)19-11-4-10-17-19/h4,6-11,13H,3,5,12H2,1-2H3,(H,18,20). The van der Waals surface area contributed by atoms with Crippen LogP contribution in [0.1, 0.15) is 32.3 Å². The highest BCUT2D eigenvalue weighted by Gasteiger charge is 2.07. The summed E-state index contributed by atoms with van der Waals surface area (Å²) < 4.78 is 1.80. The summed E-state index contributed by atoms with van der Waals surface area (Å²) in [4.78, 5) is 11.9. The van der Waals surface area contributed by atoms with Crippen molar-refractivity contribution in [1.29, 1.82) is 0 Å². The average molecular weight is 271 g/mol. The minimum absolute atomic E-state index is 0.0813. The van der Waals surface area contributed by atoms with Crippen molar-refractivity contribution in [2.45, 2.75) is 39.2 Å². The van der Waals surface area contributed by atoms with Crippen LogP contribution in [0.3, 0.4) is 0 Å². The minimum atomic E-state index is 0.0813. The van der Waals surface area contributed by atoms with Crippen LogP contribution in [0.2, 0.25) is 0 Å². The van der Waals surface area contributed by atoms with Gasteiger partial charge in [-0.05, 0) is 37.1 Å². The van der Waals surface area contributed by atoms with Crippen LogP contribution in [0.4, 0.5) is 0 Å². The van der Waals surface area contributed by atoms with Crippen molar-refractivity contribution in [3.63, 3.8) is 0 Å². The van der Waals surface area contributed by atoms with E-state index in [1.165, 1.54) is 0 Å². The maximum atomic E-state index is 11.9. The van der Waals surface area contributed by atoms with Gasteiger partial charge in [0, 0.05) is 18.4 Å². The van der Waals surface area contributed by atoms with Crippen LogP contribution in [0, 0.1) is 0 Å². The topological polar surface area (TPSA) is 46.9 Å². The van der Waals surface area contributed by atoms with Gasteiger partial charge in [0.25, 0.3) is 0 Å². The summed E-state index contributed by atoms with van der Waals surface area (Å²) in [5, 5.41) is 7.19. The molecular formula is C16H21N3O. The summed E-state index contributed by atoms with van der Waals surface area (Å²) >= 11 is 0. The molecule has 0 saturated carbocycles. The molecule has 1 amide bonds. The third-order valence-electron chi connectivity index (χ3n) is 3.20. The molecule has 1 aromatic carbocycles. The lowest BCUT2D eigenvalue weighted by molar-refractivity contribution is -0.121. The number of aromatic nitrogens is 2. The van der Waals surface area contributed by atoms with Crippen molar-refractivity contribution >= 4 is 5.91 Å². The van der Waals surface area contributed by atoms with Crippen molar-refractivity contribution in [3.05, 3.63) is 48.3 Å². The quantitative estimate of drug-likeness (QED) is 0.878. The van der Waals surface area contributed by atoms with Crippen LogP contribution in [0.15, 0.2) is 42.7 Å². The second-order valence-corrected chi connectivity index (χ2v) is 5.05. The summed E-state index contributed by atoms with van der Waals surface area (Å²) in [6.07, 6.45) is 6.17. The first-order valence-electron chi connectivity index (χ1n) is 7.07. The Bertz CT molecular complexity index is 531. The number of nitrogens with zero attached hydrogens (tertiary/aromatic N) is 2. The van der Waals surface area contributed by atoms with Gasteiger partial charge in [-0.1, -0.05) is 25.5 Å². The second kappa shape index (κ2) is 6.89. The molecular weight excluding hydrogens is 250 g/mol. The van der Waals surface area contributed by atoms with E-state index in [1.807, 2.05) is 43.5 Å². The van der Waals surface area contributed by atoms with Crippen LogP contribution in [0.25, 0.3) is 5.69 Å². The highest BCUT2D eigenvalue weighted by molar-refractivity contribution is 5.78. The molecule has 20 heavy (non-hydrogen) atoms. The van der Waals surface area contributed by atoms with Crippen molar-refractivity contribution in [3.8, 4) is 5.69 Å². The molecule has 0 spiro atoms. The third kappa shape index (κ3) is 3.95. The maximum absolute atomic E-state index is 11.9. The number of hydrogen-bond acceptors (Lipinski definition) is 2. The van der Waals surface area contributed by atoms with Gasteiger partial charge in [0.2, 0.25) is 5.91 Å². The molecule has 1 N–H and O–H groups in total. The molecule has 2 rings (SSSR count). The normalized spacial score (nSPS) is 12.1. The van der Waals surface area contributed by atoms with E-state index in [1.54, 1.807) is 10.9 Å². The molecule has 0 aliphatic carbocycles. The lowest BCUT2D eigenvalue weighted by Crippen LogP contribution is -2.33. The van der Waals surface area contributed by atoms with Gasteiger partial charge in [-0.3, -0.25) is 4.79 Å². The fourth-order valence-corrected chi connectivity index (χ4v) is 2.20. The first-order chi connectivity index (χ1) is 9.69. The zero-order chi connectivity index (χ0) is 14.4. The number of rotatable bonds is 6. The molecule has 0 radical (unpaired) electrons. The minimum Gasteiger partial charge on any atom is -0.353 e. The first kappa shape index (κ1) is 14.3. The summed E-state index contributed by atoms with van der Waals surface area (Å²) in [5.74, 6) is 0.0813. The summed E-state index contributed by atoms with van der Waals surface area (Å²) in [6.45, 7) is 4.17. The number of benzene rings is 1. The maximum Gasteiger partial charge on any atom is 0.224 e. The van der Waals surface area contributed by atoms with Gasteiger partial charge in [0.15, 0.2) is 0 Å². The van der Waals surface area contributed by atoms with Crippen molar-refractivity contribution < 1.29 is 4.79 Å². The molecule has 0 aliphatic heterocycles. The fourth-order valence-electron chi connectivity index (χ4n) is 2.20. The molecule has 2 aromatic rings.